The summed E-state index contributed by atoms with van der Waals surface area (Å²) in [6.07, 6.45) is 1.72. The van der Waals surface area contributed by atoms with Gasteiger partial charge in [0.15, 0.2) is 5.82 Å². The Hall–Kier alpha value is -3.20. The summed E-state index contributed by atoms with van der Waals surface area (Å²) < 4.78 is 22.7. The average Bonchev–Trinajstić information content (AvgIpc) is 3.54. The first kappa shape index (κ1) is 26.4. The van der Waals surface area contributed by atoms with Crippen LogP contribution in [0.3, 0.4) is 0 Å². The molecule has 7 nitrogen and oxygen atoms in total. The van der Waals surface area contributed by atoms with Crippen molar-refractivity contribution in [1.29, 1.82) is 0 Å². The highest BCUT2D eigenvalue weighted by Crippen LogP contribution is 2.57. The van der Waals surface area contributed by atoms with Crippen molar-refractivity contribution in [2.45, 2.75) is 36.5 Å². The molecule has 4 aromatic rings. The van der Waals surface area contributed by atoms with Gasteiger partial charge < -0.3 is 14.6 Å². The van der Waals surface area contributed by atoms with E-state index in [1.54, 1.807) is 31.4 Å². The molecule has 10 heteroatoms. The normalized spacial score (nSPS) is 14.6. The first-order chi connectivity index (χ1) is 18.3. The summed E-state index contributed by atoms with van der Waals surface area (Å²) in [5.41, 5.74) is 2.28. The zero-order chi connectivity index (χ0) is 26.9. The standard InChI is InChI=1S/C28H25Cl2N3O4S/c1-3-38(35)21-10-4-17(5-11-21)14-24(34)31-19-15-22(29)25(23(30)16-19)28(12-13-28)27-32-26(37-33-27)18-6-8-20(36-2)9-7-18/h4-11,15-16H,3,12-14H2,1-2H3,(H,31,34). The van der Waals surface area contributed by atoms with E-state index in [1.807, 2.05) is 43.3 Å². The molecule has 1 N–H and O–H groups in total. The Kier molecular flexibility index (Phi) is 7.56. The fourth-order valence-electron chi connectivity index (χ4n) is 4.40. The lowest BCUT2D eigenvalue weighted by Crippen LogP contribution is -2.16. The van der Waals surface area contributed by atoms with Crippen molar-refractivity contribution in [3.8, 4) is 17.2 Å². The molecular formula is C28H25Cl2N3O4S. The molecule has 1 heterocycles. The monoisotopic (exact) mass is 569 g/mol. The maximum atomic E-state index is 12.7. The number of anilines is 1. The number of hydrogen-bond acceptors (Lipinski definition) is 6. The minimum absolute atomic E-state index is 0.164. The predicted molar refractivity (Wildman–Crippen MR) is 148 cm³/mol. The van der Waals surface area contributed by atoms with Crippen molar-refractivity contribution in [2.75, 3.05) is 18.2 Å². The van der Waals surface area contributed by atoms with Crippen LogP contribution in [-0.2, 0) is 27.4 Å². The van der Waals surface area contributed by atoms with E-state index in [4.69, 9.17) is 32.5 Å². The van der Waals surface area contributed by atoms with E-state index in [0.29, 0.717) is 33.2 Å². The zero-order valence-electron chi connectivity index (χ0n) is 20.8. The summed E-state index contributed by atoms with van der Waals surface area (Å²) in [5, 5.41) is 7.96. The van der Waals surface area contributed by atoms with E-state index in [1.165, 1.54) is 0 Å². The number of carbonyl (C=O) groups is 1. The van der Waals surface area contributed by atoms with Gasteiger partial charge in [-0.15, -0.1) is 0 Å². The van der Waals surface area contributed by atoms with Crippen LogP contribution >= 0.6 is 23.2 Å². The van der Waals surface area contributed by atoms with E-state index < -0.39 is 16.2 Å². The van der Waals surface area contributed by atoms with Crippen LogP contribution in [0.2, 0.25) is 10.0 Å². The lowest BCUT2D eigenvalue weighted by atomic mass is 9.94. The molecule has 1 amide bonds. The minimum Gasteiger partial charge on any atom is -0.497 e. The smallest absolute Gasteiger partial charge is 0.257 e. The molecule has 196 valence electrons. The zero-order valence-corrected chi connectivity index (χ0v) is 23.1. The van der Waals surface area contributed by atoms with Crippen molar-refractivity contribution in [3.63, 3.8) is 0 Å². The second-order valence-corrected chi connectivity index (χ2v) is 11.6. The van der Waals surface area contributed by atoms with E-state index in [2.05, 4.69) is 15.5 Å². The third kappa shape index (κ3) is 5.34. The summed E-state index contributed by atoms with van der Waals surface area (Å²) in [4.78, 5) is 18.1. The van der Waals surface area contributed by atoms with Crippen LogP contribution in [0.1, 0.15) is 36.7 Å². The molecule has 0 bridgehead atoms. The van der Waals surface area contributed by atoms with Crippen LogP contribution < -0.4 is 10.1 Å². The number of methoxy groups -OCH3 is 1. The Balaban J connectivity index is 1.31. The highest BCUT2D eigenvalue weighted by Gasteiger charge is 2.52. The Morgan fingerprint density at radius 2 is 1.74 bits per heavy atom. The van der Waals surface area contributed by atoms with Crippen molar-refractivity contribution >= 4 is 45.6 Å². The third-order valence-corrected chi connectivity index (χ3v) is 8.48. The number of carbonyl (C=O) groups excluding carboxylic acids is 1. The molecule has 1 aliphatic rings. The second-order valence-electron chi connectivity index (χ2n) is 9.05. The number of aromatic nitrogens is 2. The van der Waals surface area contributed by atoms with Gasteiger partial charge in [-0.25, -0.2) is 0 Å². The minimum atomic E-state index is -1.03. The van der Waals surface area contributed by atoms with E-state index in [9.17, 15) is 9.00 Å². The molecule has 0 spiro atoms. The van der Waals surface area contributed by atoms with Crippen LogP contribution in [-0.4, -0.2) is 33.1 Å². The molecule has 1 aromatic heterocycles. The highest BCUT2D eigenvalue weighted by molar-refractivity contribution is 7.85. The van der Waals surface area contributed by atoms with Crippen LogP contribution in [0.4, 0.5) is 5.69 Å². The van der Waals surface area contributed by atoms with Gasteiger partial charge >= 0.3 is 0 Å². The van der Waals surface area contributed by atoms with Crippen LogP contribution in [0.25, 0.3) is 11.5 Å². The summed E-state index contributed by atoms with van der Waals surface area (Å²) >= 11 is 13.4. The number of benzene rings is 3. The number of nitrogens with zero attached hydrogens (tertiary/aromatic N) is 2. The van der Waals surface area contributed by atoms with E-state index >= 15 is 0 Å². The molecular weight excluding hydrogens is 545 g/mol. The molecule has 1 fully saturated rings. The lowest BCUT2D eigenvalue weighted by Gasteiger charge is -2.17. The maximum Gasteiger partial charge on any atom is 0.257 e. The van der Waals surface area contributed by atoms with Gasteiger partial charge in [-0.2, -0.15) is 4.98 Å². The molecule has 5 rings (SSSR count). The first-order valence-electron chi connectivity index (χ1n) is 12.1. The fourth-order valence-corrected chi connectivity index (χ4v) is 6.02. The van der Waals surface area contributed by atoms with Gasteiger partial charge in [0.2, 0.25) is 5.91 Å². The number of ether oxygens (including phenoxy) is 1. The number of halogens is 2. The van der Waals surface area contributed by atoms with Gasteiger partial charge in [0.1, 0.15) is 5.75 Å². The Morgan fingerprint density at radius 1 is 1.08 bits per heavy atom. The SMILES string of the molecule is CCS(=O)c1ccc(CC(=O)Nc2cc(Cl)c(C3(c4noc(-c5ccc(OC)cc5)n4)CC3)c(Cl)c2)cc1. The van der Waals surface area contributed by atoms with Gasteiger partial charge in [0, 0.05) is 37.5 Å². The molecule has 3 aromatic carbocycles. The quantitative estimate of drug-likeness (QED) is 0.249. The summed E-state index contributed by atoms with van der Waals surface area (Å²) in [7, 11) is 0.583. The molecule has 0 radical (unpaired) electrons. The van der Waals surface area contributed by atoms with E-state index in [-0.39, 0.29) is 12.3 Å². The lowest BCUT2D eigenvalue weighted by molar-refractivity contribution is -0.115. The predicted octanol–water partition coefficient (Wildman–Crippen LogP) is 6.44. The topological polar surface area (TPSA) is 94.3 Å². The van der Waals surface area contributed by atoms with Gasteiger partial charge in [-0.05, 0) is 66.9 Å². The largest absolute Gasteiger partial charge is 0.497 e. The molecule has 1 aliphatic carbocycles. The number of hydrogen-bond donors (Lipinski definition) is 1. The molecule has 1 unspecified atom stereocenters. The highest BCUT2D eigenvalue weighted by atomic mass is 35.5. The number of amides is 1. The number of nitrogens with one attached hydrogen (secondary N) is 1. The van der Waals surface area contributed by atoms with E-state index in [0.717, 1.165) is 40.2 Å². The van der Waals surface area contributed by atoms with Crippen LogP contribution in [0.5, 0.6) is 5.75 Å². The Labute approximate surface area is 233 Å². The van der Waals surface area contributed by atoms with Gasteiger partial charge in [-0.1, -0.05) is 47.4 Å². The maximum absolute atomic E-state index is 12.7. The van der Waals surface area contributed by atoms with Crippen molar-refractivity contribution in [1.82, 2.24) is 10.1 Å². The Morgan fingerprint density at radius 3 is 2.32 bits per heavy atom. The van der Waals surface area contributed by atoms with Crippen LogP contribution in [0, 0.1) is 0 Å². The molecule has 38 heavy (non-hydrogen) atoms. The molecule has 0 aliphatic heterocycles. The summed E-state index contributed by atoms with van der Waals surface area (Å²) in [6, 6.07) is 18.0. The number of rotatable bonds is 9. The fraction of sp³-hybridized carbons (Fsp3) is 0.250. The molecule has 1 saturated carbocycles. The van der Waals surface area contributed by atoms with Crippen LogP contribution in [0.15, 0.2) is 70.1 Å². The van der Waals surface area contributed by atoms with Crippen molar-refractivity contribution in [2.24, 2.45) is 0 Å². The van der Waals surface area contributed by atoms with Crippen molar-refractivity contribution < 1.29 is 18.3 Å². The molecule has 1 atom stereocenters. The van der Waals surface area contributed by atoms with Gasteiger partial charge in [0.05, 0.1) is 29.7 Å². The van der Waals surface area contributed by atoms with Gasteiger partial charge in [-0.3, -0.25) is 9.00 Å². The third-order valence-electron chi connectivity index (χ3n) is 6.56. The summed E-state index contributed by atoms with van der Waals surface area (Å²) in [6.45, 7) is 1.87. The van der Waals surface area contributed by atoms with Gasteiger partial charge in [0.25, 0.3) is 5.89 Å². The first-order valence-corrected chi connectivity index (χ1v) is 14.2. The van der Waals surface area contributed by atoms with Crippen molar-refractivity contribution in [3.05, 3.63) is 87.7 Å². The average molecular weight is 570 g/mol. The summed E-state index contributed by atoms with van der Waals surface area (Å²) in [5.74, 6) is 2.00. The second kappa shape index (κ2) is 10.9. The molecule has 0 saturated heterocycles. The Bertz CT molecular complexity index is 1480.